The molecule has 0 bridgehead atoms. The first kappa shape index (κ1) is 25.1. The molecule has 2 heterocycles. The smallest absolute Gasteiger partial charge is 0.268 e. The fraction of sp³-hybridized carbons (Fsp3) is 0.483. The van der Waals surface area contributed by atoms with Crippen molar-refractivity contribution in [3.8, 4) is 11.5 Å². The first-order valence-corrected chi connectivity index (χ1v) is 13.3. The van der Waals surface area contributed by atoms with Crippen molar-refractivity contribution < 1.29 is 23.9 Å². The summed E-state index contributed by atoms with van der Waals surface area (Å²) in [5.41, 5.74) is 1.91. The summed E-state index contributed by atoms with van der Waals surface area (Å²) in [5.74, 6) is 0.764. The minimum atomic E-state index is -0.369. The van der Waals surface area contributed by atoms with Gasteiger partial charge in [0.05, 0.1) is 42.6 Å². The van der Waals surface area contributed by atoms with Crippen LogP contribution in [-0.4, -0.2) is 51.6 Å². The molecule has 0 radical (unpaired) electrons. The predicted octanol–water partition coefficient (Wildman–Crippen LogP) is 4.42. The fourth-order valence-electron chi connectivity index (χ4n) is 5.92. The van der Waals surface area contributed by atoms with Gasteiger partial charge in [0.15, 0.2) is 11.5 Å². The van der Waals surface area contributed by atoms with E-state index in [1.54, 1.807) is 24.3 Å². The van der Waals surface area contributed by atoms with E-state index in [1.807, 2.05) is 12.1 Å². The minimum absolute atomic E-state index is 0.0946. The Morgan fingerprint density at radius 2 is 1.73 bits per heavy atom. The molecule has 1 atom stereocenters. The monoisotopic (exact) mass is 505 g/mol. The third-order valence-electron chi connectivity index (χ3n) is 7.94. The maximum absolute atomic E-state index is 13.6. The summed E-state index contributed by atoms with van der Waals surface area (Å²) < 4.78 is 10.7. The Labute approximate surface area is 217 Å². The summed E-state index contributed by atoms with van der Waals surface area (Å²) in [7, 11) is 3.05. The van der Waals surface area contributed by atoms with Gasteiger partial charge in [0.1, 0.15) is 0 Å². The Hall–Kier alpha value is -3.55. The van der Waals surface area contributed by atoms with E-state index in [0.717, 1.165) is 25.9 Å². The number of imide groups is 1. The van der Waals surface area contributed by atoms with Crippen LogP contribution in [0.4, 0.5) is 11.4 Å². The number of piperidine rings is 1. The van der Waals surface area contributed by atoms with Gasteiger partial charge in [-0.15, -0.1) is 0 Å². The highest BCUT2D eigenvalue weighted by Crippen LogP contribution is 2.39. The predicted molar refractivity (Wildman–Crippen MR) is 142 cm³/mol. The van der Waals surface area contributed by atoms with Gasteiger partial charge in [-0.25, -0.2) is 4.90 Å². The number of anilines is 2. The van der Waals surface area contributed by atoms with E-state index < -0.39 is 0 Å². The standard InChI is InChI=1S/C29H35N3O5/c1-36-24-14-13-21(16-25(24)37-2)32-28(34)22-11-6-12-23(26(22)29(32)35)31-15-7-10-20(18-31)27(33)30-17-19-8-4-3-5-9-19/h6,11-14,16,19-20H,3-5,7-10,15,17-18H2,1-2H3,(H,30,33)/t20-/m1/s1. The number of nitrogens with one attached hydrogen (secondary N) is 1. The van der Waals surface area contributed by atoms with Gasteiger partial charge in [-0.05, 0) is 55.9 Å². The molecule has 0 spiro atoms. The van der Waals surface area contributed by atoms with Crippen LogP contribution in [0.2, 0.25) is 0 Å². The molecular weight excluding hydrogens is 470 g/mol. The number of fused-ring (bicyclic) bond motifs is 1. The van der Waals surface area contributed by atoms with Gasteiger partial charge in [-0.3, -0.25) is 14.4 Å². The number of rotatable bonds is 7. The molecule has 8 nitrogen and oxygen atoms in total. The molecule has 37 heavy (non-hydrogen) atoms. The maximum atomic E-state index is 13.6. The number of carbonyl (C=O) groups is 3. The molecule has 3 amide bonds. The first-order valence-electron chi connectivity index (χ1n) is 13.3. The van der Waals surface area contributed by atoms with Crippen LogP contribution in [0.25, 0.3) is 0 Å². The zero-order valence-corrected chi connectivity index (χ0v) is 21.6. The van der Waals surface area contributed by atoms with Gasteiger partial charge in [-0.1, -0.05) is 25.3 Å². The molecule has 1 saturated heterocycles. The van der Waals surface area contributed by atoms with E-state index in [4.69, 9.17) is 9.47 Å². The molecular formula is C29H35N3O5. The largest absolute Gasteiger partial charge is 0.493 e. The quantitative estimate of drug-likeness (QED) is 0.561. The first-order chi connectivity index (χ1) is 18.0. The summed E-state index contributed by atoms with van der Waals surface area (Å²) in [4.78, 5) is 43.3. The van der Waals surface area contributed by atoms with Crippen LogP contribution in [0.15, 0.2) is 36.4 Å². The Kier molecular flexibility index (Phi) is 7.35. The van der Waals surface area contributed by atoms with E-state index in [0.29, 0.717) is 46.5 Å². The van der Waals surface area contributed by atoms with Crippen LogP contribution < -0.4 is 24.6 Å². The van der Waals surface area contributed by atoms with Crippen LogP contribution in [0, 0.1) is 11.8 Å². The van der Waals surface area contributed by atoms with Crippen LogP contribution in [0.1, 0.15) is 65.7 Å². The number of hydrogen-bond acceptors (Lipinski definition) is 6. The zero-order valence-electron chi connectivity index (χ0n) is 21.6. The average molecular weight is 506 g/mol. The Morgan fingerprint density at radius 1 is 0.946 bits per heavy atom. The Morgan fingerprint density at radius 3 is 2.49 bits per heavy atom. The molecule has 0 unspecified atom stereocenters. The maximum Gasteiger partial charge on any atom is 0.268 e. The lowest BCUT2D eigenvalue weighted by molar-refractivity contribution is -0.125. The van der Waals surface area contributed by atoms with E-state index in [2.05, 4.69) is 10.2 Å². The van der Waals surface area contributed by atoms with Crippen molar-refractivity contribution in [2.75, 3.05) is 43.7 Å². The van der Waals surface area contributed by atoms with E-state index in [9.17, 15) is 14.4 Å². The SMILES string of the molecule is COc1ccc(N2C(=O)c3cccc(N4CCC[C@@H](C(=O)NCC5CCCCC5)C4)c3C2=O)cc1OC. The molecule has 3 aliphatic rings. The number of ether oxygens (including phenoxy) is 2. The second-order valence-corrected chi connectivity index (χ2v) is 10.2. The highest BCUT2D eigenvalue weighted by Gasteiger charge is 2.40. The summed E-state index contributed by atoms with van der Waals surface area (Å²) >= 11 is 0. The van der Waals surface area contributed by atoms with Crippen molar-refractivity contribution >= 4 is 29.1 Å². The zero-order chi connectivity index (χ0) is 25.9. The number of hydrogen-bond donors (Lipinski definition) is 1. The second-order valence-electron chi connectivity index (χ2n) is 10.2. The van der Waals surface area contributed by atoms with Gasteiger partial charge >= 0.3 is 0 Å². The molecule has 2 aromatic rings. The topological polar surface area (TPSA) is 88.2 Å². The average Bonchev–Trinajstić information content (AvgIpc) is 3.21. The van der Waals surface area contributed by atoms with Crippen molar-refractivity contribution in [3.05, 3.63) is 47.5 Å². The van der Waals surface area contributed by atoms with Gasteiger partial charge < -0.3 is 19.7 Å². The molecule has 5 rings (SSSR count). The number of methoxy groups -OCH3 is 2. The minimum Gasteiger partial charge on any atom is -0.493 e. The lowest BCUT2D eigenvalue weighted by atomic mass is 9.89. The lowest BCUT2D eigenvalue weighted by Crippen LogP contribution is -2.44. The number of amides is 3. The molecule has 1 aliphatic carbocycles. The summed E-state index contributed by atoms with van der Waals surface area (Å²) in [5, 5.41) is 3.19. The van der Waals surface area contributed by atoms with E-state index in [-0.39, 0.29) is 23.6 Å². The van der Waals surface area contributed by atoms with Gasteiger partial charge in [0.2, 0.25) is 5.91 Å². The second kappa shape index (κ2) is 10.8. The third kappa shape index (κ3) is 4.89. The fourth-order valence-corrected chi connectivity index (χ4v) is 5.92. The van der Waals surface area contributed by atoms with Gasteiger partial charge in [-0.2, -0.15) is 0 Å². The molecule has 0 aromatic heterocycles. The molecule has 1 saturated carbocycles. The van der Waals surface area contributed by atoms with E-state index in [1.165, 1.54) is 51.2 Å². The van der Waals surface area contributed by atoms with Gasteiger partial charge in [0.25, 0.3) is 11.8 Å². The highest BCUT2D eigenvalue weighted by atomic mass is 16.5. The van der Waals surface area contributed by atoms with Crippen LogP contribution in [-0.2, 0) is 4.79 Å². The summed E-state index contributed by atoms with van der Waals surface area (Å²) in [6.45, 7) is 2.02. The molecule has 2 fully saturated rings. The lowest BCUT2D eigenvalue weighted by Gasteiger charge is -2.35. The number of benzene rings is 2. The van der Waals surface area contributed by atoms with Crippen LogP contribution >= 0.6 is 0 Å². The van der Waals surface area contributed by atoms with Crippen molar-refractivity contribution in [3.63, 3.8) is 0 Å². The molecule has 2 aromatic carbocycles. The molecule has 1 N–H and O–H groups in total. The molecule has 8 heteroatoms. The third-order valence-corrected chi connectivity index (χ3v) is 7.94. The highest BCUT2D eigenvalue weighted by molar-refractivity contribution is 6.36. The van der Waals surface area contributed by atoms with E-state index >= 15 is 0 Å². The van der Waals surface area contributed by atoms with Crippen molar-refractivity contribution in [2.45, 2.75) is 44.9 Å². The normalized spacial score (nSPS) is 20.1. The Bertz CT molecular complexity index is 1190. The number of carbonyl (C=O) groups excluding carboxylic acids is 3. The van der Waals surface area contributed by atoms with Gasteiger partial charge in [0, 0.05) is 25.7 Å². The van der Waals surface area contributed by atoms with Crippen molar-refractivity contribution in [1.29, 1.82) is 0 Å². The van der Waals surface area contributed by atoms with Crippen molar-refractivity contribution in [2.24, 2.45) is 11.8 Å². The molecule has 2 aliphatic heterocycles. The molecule has 196 valence electrons. The Balaban J connectivity index is 1.34. The summed E-state index contributed by atoms with van der Waals surface area (Å²) in [6, 6.07) is 10.4. The van der Waals surface area contributed by atoms with Crippen LogP contribution in [0.5, 0.6) is 11.5 Å². The number of nitrogens with zero attached hydrogens (tertiary/aromatic N) is 2. The summed E-state index contributed by atoms with van der Waals surface area (Å²) in [6.07, 6.45) is 7.88. The van der Waals surface area contributed by atoms with Crippen LogP contribution in [0.3, 0.4) is 0 Å². The van der Waals surface area contributed by atoms with Crippen molar-refractivity contribution in [1.82, 2.24) is 5.32 Å².